The largest absolute Gasteiger partial charge is 0.447 e. The zero-order chi connectivity index (χ0) is 16.8. The summed E-state index contributed by atoms with van der Waals surface area (Å²) in [5, 5.41) is 5.73. The molecule has 2 N–H and O–H groups in total. The van der Waals surface area contributed by atoms with Gasteiger partial charge in [0, 0.05) is 17.4 Å². The molecule has 126 valence electrons. The van der Waals surface area contributed by atoms with Crippen molar-refractivity contribution in [1.29, 1.82) is 0 Å². The van der Waals surface area contributed by atoms with Gasteiger partial charge in [0.1, 0.15) is 6.61 Å². The summed E-state index contributed by atoms with van der Waals surface area (Å²) in [5.41, 5.74) is 1.46. The Hall–Kier alpha value is -2.24. The zero-order valence-electron chi connectivity index (χ0n) is 14.0. The molecule has 3 amide bonds. The number of carbonyl (C=O) groups excluding carboxylic acids is 2. The molecule has 1 unspecified atom stereocenters. The number of carbonyl (C=O) groups is 2. The fourth-order valence-electron chi connectivity index (χ4n) is 2.40. The highest BCUT2D eigenvalue weighted by atomic mass is 16.6. The lowest BCUT2D eigenvalue weighted by atomic mass is 10.0. The number of hydrogen-bond acceptors (Lipinski definition) is 3. The Labute approximate surface area is 137 Å². The van der Waals surface area contributed by atoms with E-state index in [2.05, 4.69) is 24.5 Å². The zero-order valence-corrected chi connectivity index (χ0v) is 14.0. The van der Waals surface area contributed by atoms with Gasteiger partial charge in [-0.15, -0.1) is 0 Å². The van der Waals surface area contributed by atoms with Gasteiger partial charge in [-0.2, -0.15) is 0 Å². The molecule has 1 aromatic rings. The number of ether oxygens (including phenoxy) is 1. The molecule has 0 aliphatic carbocycles. The van der Waals surface area contributed by atoms with Gasteiger partial charge in [0.2, 0.25) is 0 Å². The lowest BCUT2D eigenvalue weighted by Crippen LogP contribution is -2.36. The molecule has 23 heavy (non-hydrogen) atoms. The minimum atomic E-state index is -0.331. The van der Waals surface area contributed by atoms with Crippen LogP contribution in [0.15, 0.2) is 24.3 Å². The summed E-state index contributed by atoms with van der Waals surface area (Å²) < 4.78 is 4.91. The molecule has 0 saturated carbocycles. The lowest BCUT2D eigenvalue weighted by molar-refractivity contribution is 0.181. The van der Waals surface area contributed by atoms with Gasteiger partial charge in [0.05, 0.1) is 6.54 Å². The highest BCUT2D eigenvalue weighted by molar-refractivity contribution is 5.91. The SMILES string of the molecule is CC(C)CCC(C)NC(=O)Nc1ccc(N2CCOC2=O)cc1. The highest BCUT2D eigenvalue weighted by Crippen LogP contribution is 2.21. The van der Waals surface area contributed by atoms with Crippen molar-refractivity contribution in [3.8, 4) is 0 Å². The fraction of sp³-hybridized carbons (Fsp3) is 0.529. The van der Waals surface area contributed by atoms with E-state index in [0.717, 1.165) is 18.5 Å². The van der Waals surface area contributed by atoms with E-state index in [1.165, 1.54) is 0 Å². The summed E-state index contributed by atoms with van der Waals surface area (Å²) >= 11 is 0. The second-order valence-electron chi connectivity index (χ2n) is 6.28. The molecule has 6 nitrogen and oxygen atoms in total. The normalized spacial score (nSPS) is 15.5. The quantitative estimate of drug-likeness (QED) is 0.842. The van der Waals surface area contributed by atoms with E-state index in [1.54, 1.807) is 29.2 Å². The summed E-state index contributed by atoms with van der Waals surface area (Å²) in [6.07, 6.45) is 1.71. The smallest absolute Gasteiger partial charge is 0.414 e. The van der Waals surface area contributed by atoms with Crippen LogP contribution in [0.2, 0.25) is 0 Å². The summed E-state index contributed by atoms with van der Waals surface area (Å²) in [5.74, 6) is 0.632. The number of nitrogens with zero attached hydrogens (tertiary/aromatic N) is 1. The number of amides is 3. The van der Waals surface area contributed by atoms with E-state index in [9.17, 15) is 9.59 Å². The third-order valence-corrected chi connectivity index (χ3v) is 3.75. The molecule has 1 saturated heterocycles. The molecule has 6 heteroatoms. The summed E-state index contributed by atoms with van der Waals surface area (Å²) in [7, 11) is 0. The maximum absolute atomic E-state index is 12.0. The van der Waals surface area contributed by atoms with Crippen molar-refractivity contribution >= 4 is 23.5 Å². The minimum absolute atomic E-state index is 0.135. The Morgan fingerprint density at radius 3 is 2.48 bits per heavy atom. The molecule has 1 atom stereocenters. The summed E-state index contributed by atoms with van der Waals surface area (Å²) in [6.45, 7) is 7.31. The second-order valence-corrected chi connectivity index (χ2v) is 6.28. The van der Waals surface area contributed by atoms with Crippen LogP contribution in [0.4, 0.5) is 21.0 Å². The van der Waals surface area contributed by atoms with Gasteiger partial charge in [0.25, 0.3) is 0 Å². The molecule has 0 spiro atoms. The van der Waals surface area contributed by atoms with E-state index in [4.69, 9.17) is 4.74 Å². The van der Waals surface area contributed by atoms with Crippen molar-refractivity contribution in [2.75, 3.05) is 23.4 Å². The summed E-state index contributed by atoms with van der Waals surface area (Å²) in [4.78, 5) is 25.0. The molecular weight excluding hydrogens is 294 g/mol. The Morgan fingerprint density at radius 1 is 1.22 bits per heavy atom. The third-order valence-electron chi connectivity index (χ3n) is 3.75. The maximum atomic E-state index is 12.0. The first-order chi connectivity index (χ1) is 11.0. The van der Waals surface area contributed by atoms with Crippen LogP contribution < -0.4 is 15.5 Å². The van der Waals surface area contributed by atoms with E-state index < -0.39 is 0 Å². The van der Waals surface area contributed by atoms with Crippen molar-refractivity contribution in [2.24, 2.45) is 5.92 Å². The number of hydrogen-bond donors (Lipinski definition) is 2. The van der Waals surface area contributed by atoms with Crippen LogP contribution >= 0.6 is 0 Å². The highest BCUT2D eigenvalue weighted by Gasteiger charge is 2.23. The van der Waals surface area contributed by atoms with Crippen molar-refractivity contribution in [3.05, 3.63) is 24.3 Å². The molecule has 0 bridgehead atoms. The number of benzene rings is 1. The Bertz CT molecular complexity index is 543. The maximum Gasteiger partial charge on any atom is 0.414 e. The second kappa shape index (κ2) is 7.85. The van der Waals surface area contributed by atoms with Gasteiger partial charge in [0.15, 0.2) is 0 Å². The van der Waals surface area contributed by atoms with Crippen LogP contribution in [0.5, 0.6) is 0 Å². The number of cyclic esters (lactones) is 1. The average Bonchev–Trinajstić information content (AvgIpc) is 2.92. The number of urea groups is 1. The average molecular weight is 319 g/mol. The number of anilines is 2. The van der Waals surface area contributed by atoms with Crippen LogP contribution in [-0.4, -0.2) is 31.3 Å². The van der Waals surface area contributed by atoms with Crippen LogP contribution in [0, 0.1) is 5.92 Å². The molecule has 0 radical (unpaired) electrons. The number of rotatable bonds is 6. The molecule has 2 rings (SSSR count). The van der Waals surface area contributed by atoms with E-state index in [1.807, 2.05) is 6.92 Å². The standard InChI is InChI=1S/C17H25N3O3/c1-12(2)4-5-13(3)18-16(21)19-14-6-8-15(9-7-14)20-10-11-23-17(20)22/h6-9,12-13H,4-5,10-11H2,1-3H3,(H2,18,19,21). The molecule has 0 aromatic heterocycles. The van der Waals surface area contributed by atoms with Crippen LogP contribution in [0.3, 0.4) is 0 Å². The fourth-order valence-corrected chi connectivity index (χ4v) is 2.40. The monoisotopic (exact) mass is 319 g/mol. The van der Waals surface area contributed by atoms with Gasteiger partial charge in [-0.3, -0.25) is 4.90 Å². The van der Waals surface area contributed by atoms with E-state index in [0.29, 0.717) is 24.8 Å². The third kappa shape index (κ3) is 5.16. The van der Waals surface area contributed by atoms with Crippen LogP contribution in [0.1, 0.15) is 33.6 Å². The predicted octanol–water partition coefficient (Wildman–Crippen LogP) is 3.59. The van der Waals surface area contributed by atoms with Gasteiger partial charge in [-0.05, 0) is 49.9 Å². The van der Waals surface area contributed by atoms with Crippen molar-refractivity contribution in [2.45, 2.75) is 39.7 Å². The summed E-state index contributed by atoms with van der Waals surface area (Å²) in [6, 6.07) is 7.07. The number of nitrogens with one attached hydrogen (secondary N) is 2. The first kappa shape index (κ1) is 17.1. The van der Waals surface area contributed by atoms with E-state index in [-0.39, 0.29) is 18.2 Å². The predicted molar refractivity (Wildman–Crippen MR) is 90.8 cm³/mol. The topological polar surface area (TPSA) is 70.7 Å². The van der Waals surface area contributed by atoms with Crippen LogP contribution in [-0.2, 0) is 4.74 Å². The molecule has 1 aromatic carbocycles. The minimum Gasteiger partial charge on any atom is -0.447 e. The van der Waals surface area contributed by atoms with Crippen LogP contribution in [0.25, 0.3) is 0 Å². The molecule has 1 aliphatic rings. The molecule has 1 heterocycles. The van der Waals surface area contributed by atoms with Crippen molar-refractivity contribution < 1.29 is 14.3 Å². The van der Waals surface area contributed by atoms with Gasteiger partial charge < -0.3 is 15.4 Å². The lowest BCUT2D eigenvalue weighted by Gasteiger charge is -2.16. The van der Waals surface area contributed by atoms with E-state index >= 15 is 0 Å². The molecule has 1 aliphatic heterocycles. The first-order valence-electron chi connectivity index (χ1n) is 8.07. The van der Waals surface area contributed by atoms with Crippen molar-refractivity contribution in [3.63, 3.8) is 0 Å². The Kier molecular flexibility index (Phi) is 5.84. The van der Waals surface area contributed by atoms with Gasteiger partial charge in [-0.1, -0.05) is 13.8 Å². The molecule has 1 fully saturated rings. The van der Waals surface area contributed by atoms with Gasteiger partial charge in [-0.25, -0.2) is 9.59 Å². The first-order valence-corrected chi connectivity index (χ1v) is 8.07. The Morgan fingerprint density at radius 2 is 1.91 bits per heavy atom. The van der Waals surface area contributed by atoms with Gasteiger partial charge >= 0.3 is 12.1 Å². The Balaban J connectivity index is 1.83. The van der Waals surface area contributed by atoms with Crippen molar-refractivity contribution in [1.82, 2.24) is 5.32 Å². The molecular formula is C17H25N3O3.